The number of pyridine rings is 1. The summed E-state index contributed by atoms with van der Waals surface area (Å²) >= 11 is 5.70. The fourth-order valence-electron chi connectivity index (χ4n) is 1.25. The van der Waals surface area contributed by atoms with Gasteiger partial charge in [0.25, 0.3) is 5.91 Å². The molecule has 0 aliphatic carbocycles. The number of hydrogen-bond donors (Lipinski definition) is 2. The fourth-order valence-corrected chi connectivity index (χ4v) is 1.41. The van der Waals surface area contributed by atoms with E-state index in [1.54, 1.807) is 6.92 Å². The van der Waals surface area contributed by atoms with Crippen LogP contribution in [-0.2, 0) is 9.53 Å². The zero-order valence-electron chi connectivity index (χ0n) is 11.7. The second-order valence-corrected chi connectivity index (χ2v) is 4.70. The molecule has 1 atom stereocenters. The second-order valence-electron chi connectivity index (χ2n) is 4.27. The van der Waals surface area contributed by atoms with Crippen LogP contribution >= 0.6 is 11.6 Å². The number of halogens is 1. The molecule has 21 heavy (non-hydrogen) atoms. The smallest absolute Gasteiger partial charge is 0.357 e. The number of hydrogen-bond acceptors (Lipinski definition) is 5. The summed E-state index contributed by atoms with van der Waals surface area (Å²) in [5.74, 6) is -1.53. The number of rotatable bonds is 5. The number of urea groups is 1. The van der Waals surface area contributed by atoms with Gasteiger partial charge in [0.05, 0.1) is 0 Å². The highest BCUT2D eigenvalue weighted by Gasteiger charge is 2.14. The summed E-state index contributed by atoms with van der Waals surface area (Å²) in [5, 5.41) is 4.92. The van der Waals surface area contributed by atoms with E-state index in [2.05, 4.69) is 15.6 Å². The van der Waals surface area contributed by atoms with Gasteiger partial charge in [-0.1, -0.05) is 18.5 Å². The Hall–Kier alpha value is -2.15. The standard InChI is InChI=1S/C13H16ClN3O4/c1-3-8(2)16-13(20)17-11(18)7-21-12(19)10-6-9(14)4-5-15-10/h4-6,8H,3,7H2,1-2H3,(H2,16,17,18,20)/t8-/m0/s1. The number of nitrogens with zero attached hydrogens (tertiary/aromatic N) is 1. The third-order valence-corrected chi connectivity index (χ3v) is 2.74. The topological polar surface area (TPSA) is 97.4 Å². The van der Waals surface area contributed by atoms with Gasteiger partial charge in [0.1, 0.15) is 5.69 Å². The van der Waals surface area contributed by atoms with E-state index in [1.165, 1.54) is 18.3 Å². The van der Waals surface area contributed by atoms with Crippen LogP contribution in [-0.4, -0.2) is 35.5 Å². The van der Waals surface area contributed by atoms with Gasteiger partial charge >= 0.3 is 12.0 Å². The molecule has 1 heterocycles. The summed E-state index contributed by atoms with van der Waals surface area (Å²) in [6, 6.07) is 2.13. The monoisotopic (exact) mass is 313 g/mol. The van der Waals surface area contributed by atoms with Gasteiger partial charge in [-0.25, -0.2) is 14.6 Å². The fraction of sp³-hybridized carbons (Fsp3) is 0.385. The van der Waals surface area contributed by atoms with E-state index in [0.717, 1.165) is 6.42 Å². The Morgan fingerprint density at radius 2 is 2.14 bits per heavy atom. The van der Waals surface area contributed by atoms with E-state index in [0.29, 0.717) is 5.02 Å². The molecular weight excluding hydrogens is 298 g/mol. The quantitative estimate of drug-likeness (QED) is 0.803. The van der Waals surface area contributed by atoms with Crippen LogP contribution in [0.5, 0.6) is 0 Å². The lowest BCUT2D eigenvalue weighted by molar-refractivity contribution is -0.123. The number of carbonyl (C=O) groups is 3. The number of carbonyl (C=O) groups excluding carboxylic acids is 3. The summed E-state index contributed by atoms with van der Waals surface area (Å²) in [4.78, 5) is 38.1. The molecule has 1 aromatic rings. The third-order valence-electron chi connectivity index (χ3n) is 2.51. The van der Waals surface area contributed by atoms with Crippen LogP contribution < -0.4 is 10.6 Å². The van der Waals surface area contributed by atoms with Gasteiger partial charge in [-0.15, -0.1) is 0 Å². The molecule has 0 unspecified atom stereocenters. The first-order valence-electron chi connectivity index (χ1n) is 6.31. The maximum atomic E-state index is 11.6. The highest BCUT2D eigenvalue weighted by Crippen LogP contribution is 2.08. The van der Waals surface area contributed by atoms with Gasteiger partial charge in [-0.3, -0.25) is 10.1 Å². The molecule has 0 aromatic carbocycles. The van der Waals surface area contributed by atoms with Crippen molar-refractivity contribution in [1.82, 2.24) is 15.6 Å². The molecule has 7 nitrogen and oxygen atoms in total. The van der Waals surface area contributed by atoms with Gasteiger partial charge < -0.3 is 10.1 Å². The molecule has 8 heteroatoms. The zero-order valence-corrected chi connectivity index (χ0v) is 12.4. The molecule has 114 valence electrons. The number of amides is 3. The third kappa shape index (κ3) is 6.22. The van der Waals surface area contributed by atoms with Crippen molar-refractivity contribution >= 4 is 29.5 Å². The normalized spacial score (nSPS) is 11.4. The average molecular weight is 314 g/mol. The van der Waals surface area contributed by atoms with Crippen molar-refractivity contribution in [2.45, 2.75) is 26.3 Å². The Kier molecular flexibility index (Phi) is 6.61. The lowest BCUT2D eigenvalue weighted by atomic mass is 10.3. The van der Waals surface area contributed by atoms with Crippen molar-refractivity contribution < 1.29 is 19.1 Å². The van der Waals surface area contributed by atoms with Crippen molar-refractivity contribution in [3.63, 3.8) is 0 Å². The molecule has 0 bridgehead atoms. The molecule has 0 spiro atoms. The Bertz CT molecular complexity index is 536. The summed E-state index contributed by atoms with van der Waals surface area (Å²) in [6.45, 7) is 3.11. The first-order valence-corrected chi connectivity index (χ1v) is 6.69. The minimum absolute atomic E-state index is 0.0145. The van der Waals surface area contributed by atoms with Crippen LogP contribution in [0.1, 0.15) is 30.8 Å². The Balaban J connectivity index is 2.39. The van der Waals surface area contributed by atoms with E-state index < -0.39 is 24.5 Å². The first-order chi connectivity index (χ1) is 9.92. The van der Waals surface area contributed by atoms with Gasteiger partial charge in [0.15, 0.2) is 6.61 Å². The minimum Gasteiger partial charge on any atom is -0.451 e. The van der Waals surface area contributed by atoms with Crippen LogP contribution in [0.2, 0.25) is 5.02 Å². The molecule has 0 fully saturated rings. The van der Waals surface area contributed by atoms with Crippen molar-refractivity contribution in [1.29, 1.82) is 0 Å². The van der Waals surface area contributed by atoms with Gasteiger partial charge in [0.2, 0.25) is 0 Å². The maximum absolute atomic E-state index is 11.6. The molecule has 0 saturated heterocycles. The second kappa shape index (κ2) is 8.21. The maximum Gasteiger partial charge on any atom is 0.357 e. The average Bonchev–Trinajstić information content (AvgIpc) is 2.44. The molecule has 3 amide bonds. The molecule has 0 aliphatic heterocycles. The van der Waals surface area contributed by atoms with E-state index in [9.17, 15) is 14.4 Å². The highest BCUT2D eigenvalue weighted by molar-refractivity contribution is 6.30. The van der Waals surface area contributed by atoms with Crippen LogP contribution in [0.25, 0.3) is 0 Å². The van der Waals surface area contributed by atoms with Gasteiger partial charge in [-0.2, -0.15) is 0 Å². The largest absolute Gasteiger partial charge is 0.451 e. The lowest BCUT2D eigenvalue weighted by Gasteiger charge is -2.11. The molecule has 1 rings (SSSR count). The predicted molar refractivity (Wildman–Crippen MR) is 76.0 cm³/mol. The summed E-state index contributed by atoms with van der Waals surface area (Å²) < 4.78 is 4.72. The number of aromatic nitrogens is 1. The SMILES string of the molecule is CC[C@H](C)NC(=O)NC(=O)COC(=O)c1cc(Cl)ccn1. The Morgan fingerprint density at radius 1 is 1.43 bits per heavy atom. The van der Waals surface area contributed by atoms with E-state index >= 15 is 0 Å². The molecule has 1 aromatic heterocycles. The van der Waals surface area contributed by atoms with E-state index in [1.807, 2.05) is 6.92 Å². The molecule has 2 N–H and O–H groups in total. The van der Waals surface area contributed by atoms with Crippen LogP contribution in [0, 0.1) is 0 Å². The van der Waals surface area contributed by atoms with Crippen LogP contribution in [0.15, 0.2) is 18.3 Å². The number of imide groups is 1. The van der Waals surface area contributed by atoms with Crippen molar-refractivity contribution in [3.8, 4) is 0 Å². The number of ether oxygens (including phenoxy) is 1. The van der Waals surface area contributed by atoms with Gasteiger partial charge in [-0.05, 0) is 25.5 Å². The summed E-state index contributed by atoms with van der Waals surface area (Å²) in [7, 11) is 0. The first kappa shape index (κ1) is 16.9. The lowest BCUT2D eigenvalue weighted by Crippen LogP contribution is -2.44. The number of nitrogens with one attached hydrogen (secondary N) is 2. The molecular formula is C13H16ClN3O4. The highest BCUT2D eigenvalue weighted by atomic mass is 35.5. The van der Waals surface area contributed by atoms with Crippen molar-refractivity contribution in [2.24, 2.45) is 0 Å². The van der Waals surface area contributed by atoms with E-state index in [-0.39, 0.29) is 11.7 Å². The molecule has 0 radical (unpaired) electrons. The van der Waals surface area contributed by atoms with Crippen molar-refractivity contribution in [3.05, 3.63) is 29.0 Å². The predicted octanol–water partition coefficient (Wildman–Crippen LogP) is 1.52. The van der Waals surface area contributed by atoms with E-state index in [4.69, 9.17) is 16.3 Å². The summed E-state index contributed by atoms with van der Waals surface area (Å²) in [5.41, 5.74) is -0.0145. The Morgan fingerprint density at radius 3 is 2.76 bits per heavy atom. The zero-order chi connectivity index (χ0) is 15.8. The molecule has 0 saturated carbocycles. The Labute approximate surface area is 127 Å². The molecule has 0 aliphatic rings. The van der Waals surface area contributed by atoms with Crippen LogP contribution in [0.4, 0.5) is 4.79 Å². The minimum atomic E-state index is -0.796. The number of esters is 1. The van der Waals surface area contributed by atoms with Crippen molar-refractivity contribution in [2.75, 3.05) is 6.61 Å². The van der Waals surface area contributed by atoms with Gasteiger partial charge in [0, 0.05) is 17.3 Å². The summed E-state index contributed by atoms with van der Waals surface area (Å²) in [6.07, 6.45) is 2.08. The van der Waals surface area contributed by atoms with Crippen LogP contribution in [0.3, 0.4) is 0 Å².